The van der Waals surface area contributed by atoms with Gasteiger partial charge >= 0.3 is 12.0 Å². The van der Waals surface area contributed by atoms with Crippen LogP contribution < -0.4 is 20.7 Å². The first-order chi connectivity index (χ1) is 13.8. The number of methoxy groups -OCH3 is 1. The number of anilines is 1. The van der Waals surface area contributed by atoms with E-state index in [2.05, 4.69) is 16.0 Å². The summed E-state index contributed by atoms with van der Waals surface area (Å²) < 4.78 is 5.24. The number of aromatic carboxylic acids is 1. The zero-order chi connectivity index (χ0) is 21.4. The third-order valence-electron chi connectivity index (χ3n) is 4.02. The molecule has 154 valence electrons. The van der Waals surface area contributed by atoms with E-state index in [4.69, 9.17) is 9.84 Å². The van der Waals surface area contributed by atoms with Gasteiger partial charge in [-0.05, 0) is 56.2 Å². The van der Waals surface area contributed by atoms with Crippen LogP contribution in [0.3, 0.4) is 0 Å². The van der Waals surface area contributed by atoms with Crippen molar-refractivity contribution in [3.05, 3.63) is 59.2 Å². The lowest BCUT2D eigenvalue weighted by molar-refractivity contribution is 0.0696. The molecule has 0 spiro atoms. The molecular weight excluding hydrogens is 374 g/mol. The number of carbonyl (C=O) groups is 3. The van der Waals surface area contributed by atoms with Crippen molar-refractivity contribution in [2.24, 2.45) is 0 Å². The number of carboxylic acids is 1. The second-order valence-corrected chi connectivity index (χ2v) is 6.67. The van der Waals surface area contributed by atoms with E-state index in [0.29, 0.717) is 30.0 Å². The molecule has 0 saturated carbocycles. The van der Waals surface area contributed by atoms with E-state index in [9.17, 15) is 14.4 Å². The Balaban J connectivity index is 1.95. The van der Waals surface area contributed by atoms with Gasteiger partial charge in [-0.15, -0.1) is 0 Å². The molecule has 0 atom stereocenters. The summed E-state index contributed by atoms with van der Waals surface area (Å²) in [6, 6.07) is 10.9. The average molecular weight is 399 g/mol. The van der Waals surface area contributed by atoms with Gasteiger partial charge in [0.25, 0.3) is 5.91 Å². The number of hydrogen-bond acceptors (Lipinski definition) is 4. The van der Waals surface area contributed by atoms with Crippen molar-refractivity contribution in [3.8, 4) is 5.75 Å². The zero-order valence-electron chi connectivity index (χ0n) is 16.6. The molecule has 0 aliphatic rings. The van der Waals surface area contributed by atoms with Crippen LogP contribution in [0.5, 0.6) is 5.75 Å². The van der Waals surface area contributed by atoms with Crippen LogP contribution in [0, 0.1) is 0 Å². The van der Waals surface area contributed by atoms with E-state index in [1.54, 1.807) is 30.3 Å². The van der Waals surface area contributed by atoms with Crippen LogP contribution in [-0.4, -0.2) is 42.7 Å². The van der Waals surface area contributed by atoms with Crippen molar-refractivity contribution < 1.29 is 24.2 Å². The number of rotatable bonds is 8. The average Bonchev–Trinajstić information content (AvgIpc) is 2.67. The minimum atomic E-state index is -1.03. The molecule has 8 heteroatoms. The number of benzene rings is 2. The van der Waals surface area contributed by atoms with Crippen molar-refractivity contribution in [2.75, 3.05) is 19.0 Å². The van der Waals surface area contributed by atoms with Crippen LogP contribution in [0.4, 0.5) is 10.5 Å². The Kier molecular flexibility index (Phi) is 7.59. The summed E-state index contributed by atoms with van der Waals surface area (Å²) >= 11 is 0. The lowest BCUT2D eigenvalue weighted by Gasteiger charge is -2.12. The second kappa shape index (κ2) is 10.1. The molecule has 8 nitrogen and oxygen atoms in total. The number of nitrogens with one attached hydrogen (secondary N) is 3. The molecule has 2 aromatic carbocycles. The highest BCUT2D eigenvalue weighted by atomic mass is 16.5. The van der Waals surface area contributed by atoms with Gasteiger partial charge in [0.15, 0.2) is 0 Å². The quantitative estimate of drug-likeness (QED) is 0.545. The molecule has 0 bridgehead atoms. The largest absolute Gasteiger partial charge is 0.496 e. The number of carbonyl (C=O) groups excluding carboxylic acids is 2. The first kappa shape index (κ1) is 21.7. The topological polar surface area (TPSA) is 117 Å². The van der Waals surface area contributed by atoms with Crippen LogP contribution in [0.15, 0.2) is 42.5 Å². The smallest absolute Gasteiger partial charge is 0.335 e. The van der Waals surface area contributed by atoms with Crippen LogP contribution in [0.1, 0.15) is 40.1 Å². The van der Waals surface area contributed by atoms with Gasteiger partial charge in [-0.2, -0.15) is 0 Å². The Hall–Kier alpha value is -3.55. The number of urea groups is 1. The molecule has 2 aromatic rings. The van der Waals surface area contributed by atoms with Crippen LogP contribution in [0.2, 0.25) is 0 Å². The number of ether oxygens (including phenoxy) is 1. The van der Waals surface area contributed by atoms with Crippen LogP contribution in [-0.2, 0) is 6.42 Å². The van der Waals surface area contributed by atoms with Gasteiger partial charge in [-0.1, -0.05) is 12.1 Å². The van der Waals surface area contributed by atoms with E-state index >= 15 is 0 Å². The van der Waals surface area contributed by atoms with E-state index in [0.717, 1.165) is 5.56 Å². The Bertz CT molecular complexity index is 896. The third kappa shape index (κ3) is 6.53. The maximum Gasteiger partial charge on any atom is 0.335 e. The molecule has 0 saturated heterocycles. The Morgan fingerprint density at radius 1 is 1.07 bits per heavy atom. The normalized spacial score (nSPS) is 10.3. The molecule has 4 N–H and O–H groups in total. The summed E-state index contributed by atoms with van der Waals surface area (Å²) in [5, 5.41) is 17.3. The second-order valence-electron chi connectivity index (χ2n) is 6.67. The van der Waals surface area contributed by atoms with Crippen molar-refractivity contribution in [3.63, 3.8) is 0 Å². The Morgan fingerprint density at radius 2 is 1.83 bits per heavy atom. The standard InChI is InChI=1S/C21H25N3O5/c1-13(2)23-21(28)24-17-6-4-5-15(11-17)19(25)22-10-9-14-7-8-16(20(26)27)12-18(14)29-3/h4-8,11-13H,9-10H2,1-3H3,(H,22,25)(H,26,27)(H2,23,24,28). The van der Waals surface area contributed by atoms with Crippen LogP contribution >= 0.6 is 0 Å². The molecule has 0 aliphatic heterocycles. The van der Waals surface area contributed by atoms with Gasteiger partial charge in [-0.3, -0.25) is 4.79 Å². The van der Waals surface area contributed by atoms with E-state index in [1.165, 1.54) is 19.2 Å². The van der Waals surface area contributed by atoms with Crippen LogP contribution in [0.25, 0.3) is 0 Å². The lowest BCUT2D eigenvalue weighted by atomic mass is 10.1. The third-order valence-corrected chi connectivity index (χ3v) is 4.02. The van der Waals surface area contributed by atoms with Gasteiger partial charge in [-0.25, -0.2) is 9.59 Å². The maximum absolute atomic E-state index is 12.4. The van der Waals surface area contributed by atoms with Crippen molar-refractivity contribution in [1.29, 1.82) is 0 Å². The molecular formula is C21H25N3O5. The van der Waals surface area contributed by atoms with Gasteiger partial charge in [0.05, 0.1) is 12.7 Å². The first-order valence-electron chi connectivity index (χ1n) is 9.16. The monoisotopic (exact) mass is 399 g/mol. The summed E-state index contributed by atoms with van der Waals surface area (Å²) in [4.78, 5) is 35.2. The first-order valence-corrected chi connectivity index (χ1v) is 9.16. The van der Waals surface area contributed by atoms with Gasteiger partial charge < -0.3 is 25.8 Å². The fourth-order valence-electron chi connectivity index (χ4n) is 2.66. The summed E-state index contributed by atoms with van der Waals surface area (Å²) in [6.07, 6.45) is 0.476. The van der Waals surface area contributed by atoms with Gasteiger partial charge in [0, 0.05) is 23.8 Å². The highest BCUT2D eigenvalue weighted by Gasteiger charge is 2.11. The molecule has 0 aliphatic carbocycles. The summed E-state index contributed by atoms with van der Waals surface area (Å²) in [7, 11) is 1.47. The van der Waals surface area contributed by atoms with Crippen molar-refractivity contribution >= 4 is 23.6 Å². The number of amides is 3. The predicted octanol–water partition coefficient (Wildman–Crippen LogP) is 2.90. The molecule has 3 amide bonds. The van der Waals surface area contributed by atoms with Gasteiger partial charge in [0.2, 0.25) is 0 Å². The molecule has 0 aromatic heterocycles. The summed E-state index contributed by atoms with van der Waals surface area (Å²) in [5.41, 5.74) is 1.86. The van der Waals surface area contributed by atoms with E-state index in [1.807, 2.05) is 13.8 Å². The zero-order valence-corrected chi connectivity index (χ0v) is 16.6. The van der Waals surface area contributed by atoms with Crippen molar-refractivity contribution in [1.82, 2.24) is 10.6 Å². The van der Waals surface area contributed by atoms with E-state index in [-0.39, 0.29) is 23.5 Å². The van der Waals surface area contributed by atoms with E-state index < -0.39 is 5.97 Å². The SMILES string of the molecule is COc1cc(C(=O)O)ccc1CCNC(=O)c1cccc(NC(=O)NC(C)C)c1. The minimum absolute atomic E-state index is 0.00281. The lowest BCUT2D eigenvalue weighted by Crippen LogP contribution is -2.34. The fourth-order valence-corrected chi connectivity index (χ4v) is 2.66. The number of hydrogen-bond donors (Lipinski definition) is 4. The molecule has 0 radical (unpaired) electrons. The predicted molar refractivity (Wildman–Crippen MR) is 110 cm³/mol. The summed E-state index contributed by atoms with van der Waals surface area (Å²) in [5.74, 6) is -0.848. The number of carboxylic acid groups (broad SMARTS) is 1. The minimum Gasteiger partial charge on any atom is -0.496 e. The van der Waals surface area contributed by atoms with Gasteiger partial charge in [0.1, 0.15) is 5.75 Å². The Labute approximate surface area is 169 Å². The maximum atomic E-state index is 12.4. The fraction of sp³-hybridized carbons (Fsp3) is 0.286. The molecule has 2 rings (SSSR count). The molecule has 0 heterocycles. The molecule has 0 fully saturated rings. The molecule has 29 heavy (non-hydrogen) atoms. The highest BCUT2D eigenvalue weighted by molar-refractivity contribution is 5.97. The molecule has 0 unspecified atom stereocenters. The Morgan fingerprint density at radius 3 is 2.48 bits per heavy atom. The highest BCUT2D eigenvalue weighted by Crippen LogP contribution is 2.20. The summed E-state index contributed by atoms with van der Waals surface area (Å²) in [6.45, 7) is 4.05. The van der Waals surface area contributed by atoms with Crippen molar-refractivity contribution in [2.45, 2.75) is 26.3 Å².